The van der Waals surface area contributed by atoms with E-state index in [4.69, 9.17) is 0 Å². The molecule has 1 aromatic rings. The first-order chi connectivity index (χ1) is 6.72. The highest BCUT2D eigenvalue weighted by Gasteiger charge is 1.95. The van der Waals surface area contributed by atoms with Crippen LogP contribution in [0.1, 0.15) is 12.5 Å². The molecule has 0 bridgehead atoms. The molecule has 0 spiro atoms. The van der Waals surface area contributed by atoms with Crippen molar-refractivity contribution in [3.8, 4) is 0 Å². The summed E-state index contributed by atoms with van der Waals surface area (Å²) in [5.41, 5.74) is 2.50. The van der Waals surface area contributed by atoms with Gasteiger partial charge in [0.15, 0.2) is 0 Å². The number of aryl methyl sites for hydroxylation is 1. The van der Waals surface area contributed by atoms with Crippen molar-refractivity contribution >= 4 is 30.9 Å². The molecule has 1 nitrogen and oxygen atoms in total. The third-order valence-corrected chi connectivity index (χ3v) is 2.36. The van der Waals surface area contributed by atoms with Gasteiger partial charge < -0.3 is 5.32 Å². The Balaban J connectivity index is 2.46. The van der Waals surface area contributed by atoms with Crippen LogP contribution >= 0.6 is 25.3 Å². The van der Waals surface area contributed by atoms with Crippen LogP contribution in [0, 0.1) is 0 Å². The number of rotatable bonds is 5. The smallest absolute Gasteiger partial charge is 0.0340 e. The molecule has 0 fully saturated rings. The van der Waals surface area contributed by atoms with Crippen LogP contribution in [0.2, 0.25) is 0 Å². The molecule has 0 heterocycles. The molecule has 3 heteroatoms. The largest absolute Gasteiger partial charge is 0.384 e. The maximum absolute atomic E-state index is 4.31. The van der Waals surface area contributed by atoms with Crippen molar-refractivity contribution in [1.29, 1.82) is 0 Å². The van der Waals surface area contributed by atoms with Crippen molar-refractivity contribution in [2.24, 2.45) is 0 Å². The highest BCUT2D eigenvalue weighted by Crippen LogP contribution is 2.10. The van der Waals surface area contributed by atoms with Crippen molar-refractivity contribution in [3.63, 3.8) is 0 Å². The van der Waals surface area contributed by atoms with Crippen LogP contribution in [-0.2, 0) is 6.42 Å². The number of anilines is 1. The summed E-state index contributed by atoms with van der Waals surface area (Å²) in [5, 5.41) is 3.70. The molecular weight excluding hydrogens is 210 g/mol. The Morgan fingerprint density at radius 2 is 1.93 bits per heavy atom. The van der Waals surface area contributed by atoms with Crippen molar-refractivity contribution in [3.05, 3.63) is 29.8 Å². The zero-order valence-electron chi connectivity index (χ0n) is 8.40. The van der Waals surface area contributed by atoms with Gasteiger partial charge in [-0.2, -0.15) is 25.3 Å². The molecule has 1 aromatic carbocycles. The fraction of sp³-hybridized carbons (Fsp3) is 0.455. The minimum absolute atomic E-state index is 0.382. The molecule has 0 aromatic heterocycles. The minimum Gasteiger partial charge on any atom is -0.384 e. The van der Waals surface area contributed by atoms with Crippen LogP contribution < -0.4 is 5.32 Å². The fourth-order valence-electron chi connectivity index (χ4n) is 1.18. The molecule has 0 aliphatic heterocycles. The van der Waals surface area contributed by atoms with Gasteiger partial charge in [-0.3, -0.25) is 0 Å². The third kappa shape index (κ3) is 4.29. The number of nitrogens with one attached hydrogen (secondary N) is 1. The molecule has 0 saturated carbocycles. The zero-order valence-corrected chi connectivity index (χ0v) is 10.2. The van der Waals surface area contributed by atoms with E-state index >= 15 is 0 Å². The summed E-state index contributed by atoms with van der Waals surface area (Å²) in [4.78, 5) is 0. The van der Waals surface area contributed by atoms with Crippen LogP contribution in [0.3, 0.4) is 0 Å². The van der Waals surface area contributed by atoms with E-state index in [9.17, 15) is 0 Å². The van der Waals surface area contributed by atoms with E-state index in [0.29, 0.717) is 5.25 Å². The van der Waals surface area contributed by atoms with Crippen molar-refractivity contribution in [1.82, 2.24) is 0 Å². The maximum Gasteiger partial charge on any atom is 0.0340 e. The topological polar surface area (TPSA) is 12.0 Å². The lowest BCUT2D eigenvalue weighted by Crippen LogP contribution is -2.10. The van der Waals surface area contributed by atoms with Gasteiger partial charge in [-0.25, -0.2) is 0 Å². The van der Waals surface area contributed by atoms with Crippen LogP contribution in [0.5, 0.6) is 0 Å². The minimum atomic E-state index is 0.382. The molecule has 0 saturated heterocycles. The summed E-state index contributed by atoms with van der Waals surface area (Å²) in [7, 11) is 0. The Morgan fingerprint density at radius 3 is 2.43 bits per heavy atom. The molecule has 0 amide bonds. The number of thiol groups is 2. The predicted molar refractivity (Wildman–Crippen MR) is 70.9 cm³/mol. The first-order valence-corrected chi connectivity index (χ1v) is 5.99. The van der Waals surface area contributed by atoms with E-state index in [0.717, 1.165) is 24.4 Å². The number of hydrogen-bond donors (Lipinski definition) is 3. The Hall–Kier alpha value is -0.280. The molecule has 0 aliphatic carbocycles. The van der Waals surface area contributed by atoms with E-state index in [1.54, 1.807) is 0 Å². The lowest BCUT2D eigenvalue weighted by atomic mass is 10.1. The summed E-state index contributed by atoms with van der Waals surface area (Å²) in [5.74, 6) is 0.903. The second-order valence-corrected chi connectivity index (χ2v) is 4.73. The standard InChI is InChI=1S/C11H17NS2/c1-9(14)8-12-11-4-2-10(3-5-11)6-7-13/h2-5,9,12-14H,6-8H2,1H3. The van der Waals surface area contributed by atoms with Crippen molar-refractivity contribution in [2.45, 2.75) is 18.6 Å². The normalized spacial score (nSPS) is 12.5. The van der Waals surface area contributed by atoms with E-state index in [2.05, 4.69) is 61.8 Å². The Labute approximate surface area is 97.1 Å². The first kappa shape index (κ1) is 11.8. The van der Waals surface area contributed by atoms with Gasteiger partial charge in [0.25, 0.3) is 0 Å². The van der Waals surface area contributed by atoms with Gasteiger partial charge in [0.2, 0.25) is 0 Å². The quantitative estimate of drug-likeness (QED) is 0.657. The van der Waals surface area contributed by atoms with Gasteiger partial charge in [0.1, 0.15) is 0 Å². The average Bonchev–Trinajstić information content (AvgIpc) is 2.17. The van der Waals surface area contributed by atoms with E-state index in [1.165, 1.54) is 5.56 Å². The average molecular weight is 227 g/mol. The first-order valence-electron chi connectivity index (χ1n) is 4.84. The Morgan fingerprint density at radius 1 is 1.29 bits per heavy atom. The van der Waals surface area contributed by atoms with Gasteiger partial charge in [0, 0.05) is 17.5 Å². The van der Waals surface area contributed by atoms with Gasteiger partial charge >= 0.3 is 0 Å². The van der Waals surface area contributed by atoms with Crippen LogP contribution in [0.15, 0.2) is 24.3 Å². The zero-order chi connectivity index (χ0) is 10.4. The molecule has 1 N–H and O–H groups in total. The van der Waals surface area contributed by atoms with Gasteiger partial charge in [-0.15, -0.1) is 0 Å². The summed E-state index contributed by atoms with van der Waals surface area (Å²) >= 11 is 8.51. The lowest BCUT2D eigenvalue weighted by Gasteiger charge is -2.08. The molecule has 1 unspecified atom stereocenters. The van der Waals surface area contributed by atoms with Gasteiger partial charge in [-0.05, 0) is 29.9 Å². The Bertz CT molecular complexity index is 256. The van der Waals surface area contributed by atoms with Crippen LogP contribution in [0.25, 0.3) is 0 Å². The molecule has 0 aliphatic rings. The van der Waals surface area contributed by atoms with Crippen molar-refractivity contribution in [2.75, 3.05) is 17.6 Å². The summed E-state index contributed by atoms with van der Waals surface area (Å²) in [6.07, 6.45) is 1.03. The SMILES string of the molecule is CC(S)CNc1ccc(CCS)cc1. The number of benzene rings is 1. The maximum atomic E-state index is 4.31. The summed E-state index contributed by atoms with van der Waals surface area (Å²) in [6, 6.07) is 8.49. The molecular formula is C11H17NS2. The second-order valence-electron chi connectivity index (χ2n) is 3.40. The summed E-state index contributed by atoms with van der Waals surface area (Å²) in [6.45, 7) is 2.97. The molecule has 0 radical (unpaired) electrons. The van der Waals surface area contributed by atoms with Crippen molar-refractivity contribution < 1.29 is 0 Å². The van der Waals surface area contributed by atoms with Crippen LogP contribution in [0.4, 0.5) is 5.69 Å². The second kappa shape index (κ2) is 6.25. The van der Waals surface area contributed by atoms with Gasteiger partial charge in [-0.1, -0.05) is 19.1 Å². The lowest BCUT2D eigenvalue weighted by molar-refractivity contribution is 1.01. The predicted octanol–water partition coefficient (Wildman–Crippen LogP) is 2.89. The molecule has 1 atom stereocenters. The highest BCUT2D eigenvalue weighted by atomic mass is 32.1. The summed E-state index contributed by atoms with van der Waals surface area (Å²) < 4.78 is 0. The van der Waals surface area contributed by atoms with Crippen LogP contribution in [-0.4, -0.2) is 17.5 Å². The molecule has 1 rings (SSSR count). The van der Waals surface area contributed by atoms with E-state index in [-0.39, 0.29) is 0 Å². The third-order valence-electron chi connectivity index (χ3n) is 1.96. The molecule has 14 heavy (non-hydrogen) atoms. The molecule has 78 valence electrons. The number of hydrogen-bond acceptors (Lipinski definition) is 3. The monoisotopic (exact) mass is 227 g/mol. The van der Waals surface area contributed by atoms with E-state index in [1.807, 2.05) is 0 Å². The van der Waals surface area contributed by atoms with Gasteiger partial charge in [0.05, 0.1) is 0 Å². The van der Waals surface area contributed by atoms with E-state index < -0.39 is 0 Å². The Kier molecular flexibility index (Phi) is 5.26. The fourth-order valence-corrected chi connectivity index (χ4v) is 1.53. The highest BCUT2D eigenvalue weighted by molar-refractivity contribution is 7.81.